The molecule has 0 atom stereocenters. The SMILES string of the molecule is Cc1ccc(CN(N=O)OCc2ccccc2)cc1. The molecule has 19 heavy (non-hydrogen) atoms. The summed E-state index contributed by atoms with van der Waals surface area (Å²) in [7, 11) is 0. The smallest absolute Gasteiger partial charge is 0.102 e. The Hall–Kier alpha value is -2.20. The summed E-state index contributed by atoms with van der Waals surface area (Å²) in [5.41, 5.74) is 3.16. The second-order valence-electron chi connectivity index (χ2n) is 4.34. The summed E-state index contributed by atoms with van der Waals surface area (Å²) in [5, 5.41) is 3.95. The van der Waals surface area contributed by atoms with Crippen molar-refractivity contribution in [1.82, 2.24) is 5.17 Å². The average molecular weight is 256 g/mol. The Bertz CT molecular complexity index is 511. The second kappa shape index (κ2) is 6.66. The topological polar surface area (TPSA) is 41.9 Å². The van der Waals surface area contributed by atoms with Crippen molar-refractivity contribution in [2.45, 2.75) is 20.1 Å². The molecule has 4 nitrogen and oxygen atoms in total. The Balaban J connectivity index is 1.90. The van der Waals surface area contributed by atoms with Crippen LogP contribution in [0.15, 0.2) is 59.9 Å². The fraction of sp³-hybridized carbons (Fsp3) is 0.200. The Morgan fingerprint density at radius 1 is 1.00 bits per heavy atom. The van der Waals surface area contributed by atoms with E-state index < -0.39 is 0 Å². The first-order chi connectivity index (χ1) is 9.28. The Labute approximate surface area is 112 Å². The largest absolute Gasteiger partial charge is 0.249 e. The zero-order chi connectivity index (χ0) is 13.5. The van der Waals surface area contributed by atoms with Gasteiger partial charge in [-0.1, -0.05) is 60.2 Å². The molecule has 0 aliphatic rings. The highest BCUT2D eigenvalue weighted by atomic mass is 16.7. The van der Waals surface area contributed by atoms with Gasteiger partial charge in [0.05, 0.1) is 11.8 Å². The van der Waals surface area contributed by atoms with Crippen LogP contribution in [0.5, 0.6) is 0 Å². The number of hydroxylamine groups is 1. The van der Waals surface area contributed by atoms with Gasteiger partial charge >= 0.3 is 0 Å². The minimum absolute atomic E-state index is 0.332. The summed E-state index contributed by atoms with van der Waals surface area (Å²) in [6.07, 6.45) is 0. The Morgan fingerprint density at radius 2 is 1.68 bits per heavy atom. The molecule has 0 amide bonds. The van der Waals surface area contributed by atoms with Crippen molar-refractivity contribution < 1.29 is 4.84 Å². The third-order valence-electron chi connectivity index (χ3n) is 2.75. The van der Waals surface area contributed by atoms with Gasteiger partial charge in [0.2, 0.25) is 0 Å². The molecular formula is C15H16N2O2. The molecule has 98 valence electrons. The first-order valence-electron chi connectivity index (χ1n) is 6.11. The fourth-order valence-corrected chi connectivity index (χ4v) is 1.67. The Kier molecular flexibility index (Phi) is 4.64. The molecule has 2 aromatic carbocycles. The van der Waals surface area contributed by atoms with E-state index in [9.17, 15) is 4.91 Å². The molecule has 0 aromatic heterocycles. The summed E-state index contributed by atoms with van der Waals surface area (Å²) in [6.45, 7) is 2.69. The molecule has 0 saturated carbocycles. The molecule has 0 N–H and O–H groups in total. The van der Waals surface area contributed by atoms with Crippen molar-refractivity contribution >= 4 is 0 Å². The van der Waals surface area contributed by atoms with Crippen molar-refractivity contribution in [3.63, 3.8) is 0 Å². The average Bonchev–Trinajstić information content (AvgIpc) is 2.46. The first kappa shape index (κ1) is 13.2. The van der Waals surface area contributed by atoms with E-state index in [4.69, 9.17) is 4.84 Å². The van der Waals surface area contributed by atoms with Gasteiger partial charge in [0.1, 0.15) is 6.61 Å². The van der Waals surface area contributed by atoms with E-state index in [1.54, 1.807) is 0 Å². The highest BCUT2D eigenvalue weighted by Gasteiger charge is 2.05. The maximum Gasteiger partial charge on any atom is 0.102 e. The lowest BCUT2D eigenvalue weighted by Crippen LogP contribution is -2.16. The molecule has 0 radical (unpaired) electrons. The number of hydrogen-bond acceptors (Lipinski definition) is 3. The fourth-order valence-electron chi connectivity index (χ4n) is 1.67. The summed E-state index contributed by atoms with van der Waals surface area (Å²) < 4.78 is 0. The van der Waals surface area contributed by atoms with Gasteiger partial charge in [-0.3, -0.25) is 0 Å². The first-order valence-corrected chi connectivity index (χ1v) is 6.11. The van der Waals surface area contributed by atoms with Crippen LogP contribution >= 0.6 is 0 Å². The summed E-state index contributed by atoms with van der Waals surface area (Å²) in [4.78, 5) is 16.1. The van der Waals surface area contributed by atoms with Crippen LogP contribution < -0.4 is 0 Å². The minimum atomic E-state index is 0.332. The predicted octanol–water partition coefficient (Wildman–Crippen LogP) is 3.61. The standard InChI is InChI=1S/C15H16N2O2/c1-13-7-9-14(10-8-13)11-17(16-18)19-12-15-5-3-2-4-6-15/h2-10H,11-12H2,1H3. The maximum absolute atomic E-state index is 10.7. The number of aryl methyl sites for hydroxylation is 1. The molecule has 2 rings (SSSR count). The molecule has 0 spiro atoms. The molecule has 4 heteroatoms. The Morgan fingerprint density at radius 3 is 2.32 bits per heavy atom. The van der Waals surface area contributed by atoms with Gasteiger partial charge in [0, 0.05) is 0 Å². The number of benzene rings is 2. The van der Waals surface area contributed by atoms with Crippen LogP contribution in [0.25, 0.3) is 0 Å². The van der Waals surface area contributed by atoms with E-state index in [0.717, 1.165) is 16.3 Å². The molecule has 0 aliphatic heterocycles. The van der Waals surface area contributed by atoms with E-state index in [0.29, 0.717) is 13.2 Å². The minimum Gasteiger partial charge on any atom is -0.249 e. The molecule has 0 bridgehead atoms. The van der Waals surface area contributed by atoms with E-state index in [1.165, 1.54) is 5.56 Å². The van der Waals surface area contributed by atoms with Crippen molar-refractivity contribution in [2.24, 2.45) is 5.29 Å². The summed E-state index contributed by atoms with van der Waals surface area (Å²) >= 11 is 0. The van der Waals surface area contributed by atoms with Crippen LogP contribution in [0.1, 0.15) is 16.7 Å². The third-order valence-corrected chi connectivity index (χ3v) is 2.75. The molecule has 0 unspecified atom stereocenters. The predicted molar refractivity (Wildman–Crippen MR) is 73.7 cm³/mol. The zero-order valence-corrected chi connectivity index (χ0v) is 10.8. The number of nitrogens with zero attached hydrogens (tertiary/aromatic N) is 2. The maximum atomic E-state index is 10.7. The molecule has 0 saturated heterocycles. The van der Waals surface area contributed by atoms with E-state index in [-0.39, 0.29) is 0 Å². The van der Waals surface area contributed by atoms with Crippen molar-refractivity contribution in [2.75, 3.05) is 0 Å². The van der Waals surface area contributed by atoms with Gasteiger partial charge in [-0.2, -0.15) is 0 Å². The third kappa shape index (κ3) is 4.19. The van der Waals surface area contributed by atoms with Gasteiger partial charge in [0.25, 0.3) is 0 Å². The zero-order valence-electron chi connectivity index (χ0n) is 10.8. The van der Waals surface area contributed by atoms with Crippen LogP contribution in [-0.2, 0) is 18.0 Å². The lowest BCUT2D eigenvalue weighted by atomic mass is 10.1. The van der Waals surface area contributed by atoms with Crippen LogP contribution in [0.4, 0.5) is 0 Å². The summed E-state index contributed by atoms with van der Waals surface area (Å²) in [6, 6.07) is 17.6. The summed E-state index contributed by atoms with van der Waals surface area (Å²) in [5.74, 6) is 0. The van der Waals surface area contributed by atoms with Gasteiger partial charge < -0.3 is 0 Å². The molecule has 0 aliphatic carbocycles. The lowest BCUT2D eigenvalue weighted by molar-refractivity contribution is -0.178. The highest BCUT2D eigenvalue weighted by molar-refractivity contribution is 5.21. The van der Waals surface area contributed by atoms with Gasteiger partial charge in [-0.05, 0) is 18.1 Å². The van der Waals surface area contributed by atoms with E-state index >= 15 is 0 Å². The highest BCUT2D eigenvalue weighted by Crippen LogP contribution is 2.09. The van der Waals surface area contributed by atoms with Crippen molar-refractivity contribution in [3.8, 4) is 0 Å². The molecular weight excluding hydrogens is 240 g/mol. The van der Waals surface area contributed by atoms with Gasteiger partial charge in [-0.25, -0.2) is 4.84 Å². The quantitative estimate of drug-likeness (QED) is 0.585. The van der Waals surface area contributed by atoms with Crippen LogP contribution in [-0.4, -0.2) is 5.17 Å². The molecule has 0 fully saturated rings. The van der Waals surface area contributed by atoms with Crippen LogP contribution in [0, 0.1) is 11.8 Å². The second-order valence-corrected chi connectivity index (χ2v) is 4.34. The number of rotatable bonds is 6. The lowest BCUT2D eigenvalue weighted by Gasteiger charge is -2.14. The monoisotopic (exact) mass is 256 g/mol. The van der Waals surface area contributed by atoms with E-state index in [1.807, 2.05) is 61.5 Å². The molecule has 2 aromatic rings. The normalized spacial score (nSPS) is 10.2. The van der Waals surface area contributed by atoms with E-state index in [2.05, 4.69) is 5.29 Å². The van der Waals surface area contributed by atoms with Crippen LogP contribution in [0.2, 0.25) is 0 Å². The van der Waals surface area contributed by atoms with Crippen molar-refractivity contribution in [1.29, 1.82) is 0 Å². The van der Waals surface area contributed by atoms with Gasteiger partial charge in [0.15, 0.2) is 0 Å². The van der Waals surface area contributed by atoms with Gasteiger partial charge in [-0.15, -0.1) is 10.1 Å². The number of hydrogen-bond donors (Lipinski definition) is 0. The van der Waals surface area contributed by atoms with Crippen LogP contribution in [0.3, 0.4) is 0 Å². The molecule has 0 heterocycles. The number of nitroso groups, excluding NO2 is 1. The van der Waals surface area contributed by atoms with Crippen molar-refractivity contribution in [3.05, 3.63) is 76.2 Å².